The Balaban J connectivity index is 2.01. The summed E-state index contributed by atoms with van der Waals surface area (Å²) >= 11 is 1.50. The molecule has 1 aromatic rings. The number of rotatable bonds is 5. The van der Waals surface area contributed by atoms with Crippen LogP contribution in [0.3, 0.4) is 0 Å². The highest BCUT2D eigenvalue weighted by Crippen LogP contribution is 2.28. The van der Waals surface area contributed by atoms with Crippen molar-refractivity contribution in [3.05, 3.63) is 41.3 Å². The van der Waals surface area contributed by atoms with Crippen molar-refractivity contribution in [2.24, 2.45) is 0 Å². The molecule has 1 aliphatic rings. The van der Waals surface area contributed by atoms with Gasteiger partial charge in [-0.05, 0) is 49.8 Å². The molecule has 1 aromatic carbocycles. The van der Waals surface area contributed by atoms with Crippen LogP contribution in [0.25, 0.3) is 0 Å². The number of hydrogen-bond acceptors (Lipinski definition) is 3. The van der Waals surface area contributed by atoms with Crippen LogP contribution >= 0.6 is 11.8 Å². The Morgan fingerprint density at radius 2 is 1.91 bits per heavy atom. The molecule has 0 unspecified atom stereocenters. The number of nitrogens with one attached hydrogen (secondary N) is 1. The molecule has 1 aliphatic carbocycles. The fourth-order valence-corrected chi connectivity index (χ4v) is 3.42. The second-order valence-electron chi connectivity index (χ2n) is 6.51. The summed E-state index contributed by atoms with van der Waals surface area (Å²) in [5.41, 5.74) is 0.475. The smallest absolute Gasteiger partial charge is 0.230 e. The van der Waals surface area contributed by atoms with Gasteiger partial charge in [-0.3, -0.25) is 4.79 Å². The van der Waals surface area contributed by atoms with Crippen LogP contribution in [0.15, 0.2) is 40.6 Å². The van der Waals surface area contributed by atoms with Gasteiger partial charge in [0.15, 0.2) is 0 Å². The molecule has 0 aliphatic heterocycles. The van der Waals surface area contributed by atoms with E-state index in [1.807, 2.05) is 44.2 Å². The van der Waals surface area contributed by atoms with E-state index in [9.17, 15) is 4.79 Å². The Kier molecular flexibility index (Phi) is 6.29. The molecular weight excluding hydrogens is 304 g/mol. The summed E-state index contributed by atoms with van der Waals surface area (Å²) in [7, 11) is 0. The van der Waals surface area contributed by atoms with Crippen LogP contribution in [0.5, 0.6) is 0 Å². The molecule has 3 nitrogen and oxygen atoms in total. The van der Waals surface area contributed by atoms with Crippen LogP contribution in [0.1, 0.15) is 51.5 Å². The van der Waals surface area contributed by atoms with Gasteiger partial charge >= 0.3 is 0 Å². The second-order valence-corrected chi connectivity index (χ2v) is 7.49. The molecule has 0 bridgehead atoms. The van der Waals surface area contributed by atoms with Gasteiger partial charge in [-0.2, -0.15) is 5.26 Å². The average molecular weight is 328 g/mol. The summed E-state index contributed by atoms with van der Waals surface area (Å²) in [4.78, 5) is 13.7. The predicted molar refractivity (Wildman–Crippen MR) is 95.1 cm³/mol. The van der Waals surface area contributed by atoms with Gasteiger partial charge in [-0.15, -0.1) is 0 Å². The van der Waals surface area contributed by atoms with E-state index in [0.717, 1.165) is 23.3 Å². The molecule has 1 amide bonds. The SMILES string of the molecule is CC(C)(C(=O)NC1CCCCC1)c1ccc(S/C=C/C#N)cc1. The molecule has 23 heavy (non-hydrogen) atoms. The molecular formula is C19H24N2OS. The number of nitriles is 1. The average Bonchev–Trinajstić information content (AvgIpc) is 2.56. The van der Waals surface area contributed by atoms with Gasteiger partial charge in [0.1, 0.15) is 0 Å². The minimum Gasteiger partial charge on any atom is -0.353 e. The zero-order valence-electron chi connectivity index (χ0n) is 13.8. The summed E-state index contributed by atoms with van der Waals surface area (Å²) in [5.74, 6) is 0.106. The van der Waals surface area contributed by atoms with Crippen molar-refractivity contribution in [1.29, 1.82) is 5.26 Å². The van der Waals surface area contributed by atoms with Gasteiger partial charge in [0, 0.05) is 17.0 Å². The third-order valence-electron chi connectivity index (χ3n) is 4.43. The van der Waals surface area contributed by atoms with E-state index in [-0.39, 0.29) is 5.91 Å². The first-order chi connectivity index (χ1) is 11.0. The van der Waals surface area contributed by atoms with E-state index in [1.165, 1.54) is 37.1 Å². The van der Waals surface area contributed by atoms with Gasteiger partial charge in [0.25, 0.3) is 0 Å². The number of nitrogens with zero attached hydrogens (tertiary/aromatic N) is 1. The number of hydrogen-bond donors (Lipinski definition) is 1. The summed E-state index contributed by atoms with van der Waals surface area (Å²) in [5, 5.41) is 13.5. The minimum atomic E-state index is -0.539. The van der Waals surface area contributed by atoms with Crippen LogP contribution in [0, 0.1) is 11.3 Å². The fraction of sp³-hybridized carbons (Fsp3) is 0.474. The van der Waals surface area contributed by atoms with Crippen molar-refractivity contribution < 1.29 is 4.79 Å². The third kappa shape index (κ3) is 4.87. The number of benzene rings is 1. The number of allylic oxidation sites excluding steroid dienone is 1. The van der Waals surface area contributed by atoms with Crippen LogP contribution < -0.4 is 5.32 Å². The standard InChI is InChI=1S/C19H24N2OS/c1-19(2,18(22)21-16-7-4-3-5-8-16)15-9-11-17(12-10-15)23-14-6-13-20/h6,9-12,14,16H,3-5,7-8H2,1-2H3,(H,21,22)/b14-6+. The summed E-state index contributed by atoms with van der Waals surface area (Å²) < 4.78 is 0. The Labute approximate surface area is 143 Å². The van der Waals surface area contributed by atoms with Crippen molar-refractivity contribution in [3.8, 4) is 6.07 Å². The Bertz CT molecular complexity index is 593. The van der Waals surface area contributed by atoms with Gasteiger partial charge in [-0.25, -0.2) is 0 Å². The topological polar surface area (TPSA) is 52.9 Å². The number of carbonyl (C=O) groups excluding carboxylic acids is 1. The van der Waals surface area contributed by atoms with Gasteiger partial charge in [0.05, 0.1) is 11.5 Å². The lowest BCUT2D eigenvalue weighted by Crippen LogP contribution is -2.45. The van der Waals surface area contributed by atoms with Crippen LogP contribution in [0.4, 0.5) is 0 Å². The van der Waals surface area contributed by atoms with Crippen molar-refractivity contribution >= 4 is 17.7 Å². The molecule has 2 rings (SSSR count). The molecule has 0 atom stereocenters. The van der Waals surface area contributed by atoms with Crippen molar-refractivity contribution in [3.63, 3.8) is 0 Å². The molecule has 0 radical (unpaired) electrons. The van der Waals surface area contributed by atoms with Gasteiger partial charge in [-0.1, -0.05) is 43.2 Å². The Morgan fingerprint density at radius 1 is 1.26 bits per heavy atom. The maximum absolute atomic E-state index is 12.7. The highest BCUT2D eigenvalue weighted by molar-refractivity contribution is 8.02. The summed E-state index contributed by atoms with van der Waals surface area (Å²) in [6.45, 7) is 3.95. The molecule has 1 saturated carbocycles. The molecule has 122 valence electrons. The zero-order chi connectivity index (χ0) is 16.7. The molecule has 0 saturated heterocycles. The van der Waals surface area contributed by atoms with E-state index in [4.69, 9.17) is 5.26 Å². The molecule has 1 N–H and O–H groups in total. The van der Waals surface area contributed by atoms with Crippen LogP contribution in [0.2, 0.25) is 0 Å². The van der Waals surface area contributed by atoms with Crippen LogP contribution in [-0.2, 0) is 10.2 Å². The monoisotopic (exact) mass is 328 g/mol. The third-order valence-corrected chi connectivity index (χ3v) is 5.25. The van der Waals surface area contributed by atoms with Gasteiger partial charge < -0.3 is 5.32 Å². The lowest BCUT2D eigenvalue weighted by molar-refractivity contribution is -0.126. The van der Waals surface area contributed by atoms with E-state index < -0.39 is 5.41 Å². The predicted octanol–water partition coefficient (Wildman–Crippen LogP) is 4.54. The summed E-state index contributed by atoms with van der Waals surface area (Å²) in [6, 6.07) is 10.3. The maximum Gasteiger partial charge on any atom is 0.230 e. The molecule has 0 aromatic heterocycles. The highest BCUT2D eigenvalue weighted by atomic mass is 32.2. The Hall–Kier alpha value is -1.73. The lowest BCUT2D eigenvalue weighted by atomic mass is 9.83. The van der Waals surface area contributed by atoms with E-state index in [1.54, 1.807) is 5.41 Å². The van der Waals surface area contributed by atoms with E-state index >= 15 is 0 Å². The number of thioether (sulfide) groups is 1. The van der Waals surface area contributed by atoms with Crippen LogP contribution in [-0.4, -0.2) is 11.9 Å². The lowest BCUT2D eigenvalue weighted by Gasteiger charge is -2.29. The largest absolute Gasteiger partial charge is 0.353 e. The van der Waals surface area contributed by atoms with Gasteiger partial charge in [0.2, 0.25) is 5.91 Å². The Morgan fingerprint density at radius 3 is 2.52 bits per heavy atom. The van der Waals surface area contributed by atoms with E-state index in [2.05, 4.69) is 5.32 Å². The quantitative estimate of drug-likeness (QED) is 0.637. The minimum absolute atomic E-state index is 0.106. The van der Waals surface area contributed by atoms with Crippen molar-refractivity contribution in [1.82, 2.24) is 5.32 Å². The normalized spacial score (nSPS) is 16.2. The molecule has 4 heteroatoms. The number of carbonyl (C=O) groups is 1. The zero-order valence-corrected chi connectivity index (χ0v) is 14.7. The number of amides is 1. The fourth-order valence-electron chi connectivity index (χ4n) is 2.84. The summed E-state index contributed by atoms with van der Waals surface area (Å²) in [6.07, 6.45) is 7.38. The van der Waals surface area contributed by atoms with Crippen molar-refractivity contribution in [2.45, 2.75) is 62.3 Å². The maximum atomic E-state index is 12.7. The molecule has 0 heterocycles. The first-order valence-electron chi connectivity index (χ1n) is 8.17. The second kappa shape index (κ2) is 8.21. The van der Waals surface area contributed by atoms with Crippen molar-refractivity contribution in [2.75, 3.05) is 0 Å². The highest BCUT2D eigenvalue weighted by Gasteiger charge is 2.31. The first kappa shape index (κ1) is 17.6. The molecule has 0 spiro atoms. The first-order valence-corrected chi connectivity index (χ1v) is 9.05. The van der Waals surface area contributed by atoms with E-state index in [0.29, 0.717) is 6.04 Å². The molecule has 1 fully saturated rings.